The summed E-state index contributed by atoms with van der Waals surface area (Å²) in [7, 11) is 0. The average Bonchev–Trinajstić information content (AvgIpc) is 2.63. The van der Waals surface area contributed by atoms with Gasteiger partial charge in [-0.25, -0.2) is 14.8 Å². The van der Waals surface area contributed by atoms with Gasteiger partial charge in [0.05, 0.1) is 5.69 Å². The topological polar surface area (TPSA) is 112 Å². The van der Waals surface area contributed by atoms with Gasteiger partial charge in [-0.1, -0.05) is 13.3 Å². The van der Waals surface area contributed by atoms with Crippen LogP contribution in [0, 0.1) is 18.4 Å². The lowest BCUT2D eigenvalue weighted by Gasteiger charge is -2.12. The monoisotopic (exact) mass is 350 g/mol. The number of hydrogen-bond donors (Lipinski definition) is 2. The Bertz CT molecular complexity index is 1070. The van der Waals surface area contributed by atoms with Gasteiger partial charge >= 0.3 is 5.63 Å². The van der Waals surface area contributed by atoms with E-state index < -0.39 is 5.63 Å². The highest BCUT2D eigenvalue weighted by Crippen LogP contribution is 2.37. The highest BCUT2D eigenvalue weighted by Gasteiger charge is 2.17. The maximum atomic E-state index is 11.9. The van der Waals surface area contributed by atoms with Crippen LogP contribution >= 0.6 is 0 Å². The molecular formula is C19H18N4O3. The number of phenols is 1. The van der Waals surface area contributed by atoms with Gasteiger partial charge in [0.15, 0.2) is 6.19 Å². The van der Waals surface area contributed by atoms with E-state index in [9.17, 15) is 9.90 Å². The number of phenolic OH excluding ortho intramolecular Hbond substituents is 1. The van der Waals surface area contributed by atoms with Crippen molar-refractivity contribution >= 4 is 16.9 Å². The van der Waals surface area contributed by atoms with E-state index in [0.29, 0.717) is 22.4 Å². The normalized spacial score (nSPS) is 10.7. The van der Waals surface area contributed by atoms with Crippen molar-refractivity contribution in [2.45, 2.75) is 33.1 Å². The minimum absolute atomic E-state index is 0.0186. The molecule has 0 amide bonds. The fourth-order valence-electron chi connectivity index (χ4n) is 2.90. The van der Waals surface area contributed by atoms with Crippen LogP contribution in [-0.2, 0) is 6.42 Å². The summed E-state index contributed by atoms with van der Waals surface area (Å²) in [6.45, 7) is 3.78. The number of aromatic nitrogens is 2. The first kappa shape index (κ1) is 17.4. The molecule has 1 aromatic carbocycles. The van der Waals surface area contributed by atoms with Gasteiger partial charge in [0.1, 0.15) is 11.3 Å². The van der Waals surface area contributed by atoms with E-state index in [4.69, 9.17) is 9.68 Å². The minimum Gasteiger partial charge on any atom is -0.507 e. The summed E-state index contributed by atoms with van der Waals surface area (Å²) in [5, 5.41) is 22.5. The van der Waals surface area contributed by atoms with Gasteiger partial charge < -0.3 is 9.52 Å². The zero-order valence-electron chi connectivity index (χ0n) is 14.5. The van der Waals surface area contributed by atoms with E-state index >= 15 is 0 Å². The summed E-state index contributed by atoms with van der Waals surface area (Å²) >= 11 is 0. The van der Waals surface area contributed by atoms with E-state index in [-0.39, 0.29) is 11.7 Å². The molecule has 0 aliphatic rings. The Morgan fingerprint density at radius 2 is 2.19 bits per heavy atom. The zero-order valence-corrected chi connectivity index (χ0v) is 14.5. The smallest absolute Gasteiger partial charge is 0.336 e. The number of fused-ring (bicyclic) bond motifs is 1. The van der Waals surface area contributed by atoms with Gasteiger partial charge in [0.25, 0.3) is 0 Å². The number of unbranched alkanes of at least 4 members (excludes halogenated alkanes) is 1. The Kier molecular flexibility index (Phi) is 4.85. The number of benzene rings is 1. The Morgan fingerprint density at radius 1 is 1.38 bits per heavy atom. The average molecular weight is 350 g/mol. The number of aryl methyl sites for hydroxylation is 2. The lowest BCUT2D eigenvalue weighted by atomic mass is 9.97. The Hall–Kier alpha value is -3.40. The third-order valence-corrected chi connectivity index (χ3v) is 4.22. The predicted molar refractivity (Wildman–Crippen MR) is 97.8 cm³/mol. The van der Waals surface area contributed by atoms with E-state index in [1.165, 1.54) is 12.3 Å². The molecule has 3 rings (SSSR count). The molecule has 0 atom stereocenters. The molecule has 2 aromatic heterocycles. The van der Waals surface area contributed by atoms with Crippen molar-refractivity contribution in [3.8, 4) is 23.2 Å². The Labute approximate surface area is 150 Å². The number of hydrogen-bond acceptors (Lipinski definition) is 7. The van der Waals surface area contributed by atoms with Crippen LogP contribution in [0.15, 0.2) is 33.6 Å². The first-order chi connectivity index (χ1) is 12.5. The second-order valence-corrected chi connectivity index (χ2v) is 5.97. The van der Waals surface area contributed by atoms with Crippen molar-refractivity contribution in [2.75, 3.05) is 5.32 Å². The maximum absolute atomic E-state index is 11.9. The van der Waals surface area contributed by atoms with Crippen LogP contribution in [0.4, 0.5) is 5.95 Å². The van der Waals surface area contributed by atoms with Crippen molar-refractivity contribution in [2.24, 2.45) is 0 Å². The minimum atomic E-state index is -0.429. The molecule has 2 heterocycles. The van der Waals surface area contributed by atoms with E-state index in [0.717, 1.165) is 30.2 Å². The van der Waals surface area contributed by atoms with Gasteiger partial charge in [-0.15, -0.1) is 0 Å². The van der Waals surface area contributed by atoms with Gasteiger partial charge in [-0.3, -0.25) is 5.32 Å². The number of aromatic hydroxyl groups is 1. The fourth-order valence-corrected chi connectivity index (χ4v) is 2.90. The first-order valence-electron chi connectivity index (χ1n) is 8.33. The molecule has 0 saturated heterocycles. The molecule has 0 aliphatic carbocycles. The molecule has 0 aliphatic heterocycles. The zero-order chi connectivity index (χ0) is 18.7. The quantitative estimate of drug-likeness (QED) is 0.411. The summed E-state index contributed by atoms with van der Waals surface area (Å²) in [5.74, 6) is 0.128. The number of nitrogens with zero attached hydrogens (tertiary/aromatic N) is 3. The Morgan fingerprint density at radius 3 is 2.92 bits per heavy atom. The molecule has 0 spiro atoms. The summed E-state index contributed by atoms with van der Waals surface area (Å²) in [6, 6.07) is 4.92. The molecule has 0 fully saturated rings. The molecule has 0 bridgehead atoms. The van der Waals surface area contributed by atoms with E-state index in [1.807, 2.05) is 0 Å². The predicted octanol–water partition coefficient (Wildman–Crippen LogP) is 3.50. The van der Waals surface area contributed by atoms with Crippen LogP contribution in [0.3, 0.4) is 0 Å². The molecule has 0 saturated carbocycles. The molecule has 2 N–H and O–H groups in total. The summed E-state index contributed by atoms with van der Waals surface area (Å²) in [6.07, 6.45) is 5.96. The van der Waals surface area contributed by atoms with Gasteiger partial charge in [0.2, 0.25) is 5.95 Å². The molecule has 7 heteroatoms. The van der Waals surface area contributed by atoms with Crippen LogP contribution in [0.25, 0.3) is 22.2 Å². The first-order valence-corrected chi connectivity index (χ1v) is 8.33. The number of nitriles is 1. The molecular weight excluding hydrogens is 332 g/mol. The van der Waals surface area contributed by atoms with Crippen molar-refractivity contribution in [1.82, 2.24) is 9.97 Å². The number of nitrogens with one attached hydrogen (secondary N) is 1. The summed E-state index contributed by atoms with van der Waals surface area (Å²) in [4.78, 5) is 20.1. The molecule has 26 heavy (non-hydrogen) atoms. The molecule has 0 unspecified atom stereocenters. The van der Waals surface area contributed by atoms with E-state index in [2.05, 4.69) is 22.2 Å². The number of rotatable bonds is 5. The Balaban J connectivity index is 2.25. The second-order valence-electron chi connectivity index (χ2n) is 5.97. The fraction of sp³-hybridized carbons (Fsp3) is 0.263. The highest BCUT2D eigenvalue weighted by molar-refractivity contribution is 5.91. The third kappa shape index (κ3) is 3.22. The van der Waals surface area contributed by atoms with Crippen molar-refractivity contribution < 1.29 is 9.52 Å². The van der Waals surface area contributed by atoms with Gasteiger partial charge in [0, 0.05) is 28.8 Å². The van der Waals surface area contributed by atoms with Gasteiger partial charge in [-0.05, 0) is 37.5 Å². The van der Waals surface area contributed by atoms with Crippen LogP contribution < -0.4 is 10.9 Å². The second kappa shape index (κ2) is 7.23. The third-order valence-electron chi connectivity index (χ3n) is 4.22. The largest absolute Gasteiger partial charge is 0.507 e. The van der Waals surface area contributed by atoms with E-state index in [1.54, 1.807) is 25.2 Å². The van der Waals surface area contributed by atoms with Crippen LogP contribution in [-0.4, -0.2) is 15.1 Å². The highest BCUT2D eigenvalue weighted by atomic mass is 16.4. The van der Waals surface area contributed by atoms with Crippen molar-refractivity contribution in [3.63, 3.8) is 0 Å². The van der Waals surface area contributed by atoms with Crippen molar-refractivity contribution in [1.29, 1.82) is 5.26 Å². The standard InChI is InChI=1S/C19H18N4O3/c1-3-4-5-12-8-16(24)26-18-11(2)17(25)14(9-13(12)18)15-6-7-21-19(23-15)22-10-20/h6-9,25H,3-5H2,1-2H3,(H,21,22,23). The summed E-state index contributed by atoms with van der Waals surface area (Å²) < 4.78 is 5.34. The molecule has 7 nitrogen and oxygen atoms in total. The maximum Gasteiger partial charge on any atom is 0.336 e. The summed E-state index contributed by atoms with van der Waals surface area (Å²) in [5.41, 5.74) is 2.27. The van der Waals surface area contributed by atoms with Crippen molar-refractivity contribution in [3.05, 3.63) is 45.9 Å². The lowest BCUT2D eigenvalue weighted by Crippen LogP contribution is -2.03. The lowest BCUT2D eigenvalue weighted by molar-refractivity contribution is 0.470. The van der Waals surface area contributed by atoms with Crippen LogP contribution in [0.5, 0.6) is 5.75 Å². The van der Waals surface area contributed by atoms with Crippen LogP contribution in [0.2, 0.25) is 0 Å². The molecule has 0 radical (unpaired) electrons. The van der Waals surface area contributed by atoms with Gasteiger partial charge in [-0.2, -0.15) is 5.26 Å². The molecule has 3 aromatic rings. The number of anilines is 1. The molecule has 132 valence electrons. The van der Waals surface area contributed by atoms with Crippen LogP contribution in [0.1, 0.15) is 30.9 Å². The SMILES string of the molecule is CCCCc1cc(=O)oc2c(C)c(O)c(-c3ccnc(NC#N)n3)cc12.